The number of rotatable bonds is 3. The van der Waals surface area contributed by atoms with E-state index in [1.54, 1.807) is 31.4 Å². The third kappa shape index (κ3) is 1.96. The van der Waals surface area contributed by atoms with Crippen LogP contribution in [0.3, 0.4) is 0 Å². The number of aliphatic hydroxyl groups is 2. The van der Waals surface area contributed by atoms with E-state index in [0.717, 1.165) is 5.75 Å². The molecule has 0 spiro atoms. The van der Waals surface area contributed by atoms with Gasteiger partial charge >= 0.3 is 0 Å². The second-order valence-corrected chi connectivity index (χ2v) is 2.47. The first kappa shape index (κ1) is 9.03. The van der Waals surface area contributed by atoms with Gasteiger partial charge in [-0.3, -0.25) is 0 Å². The third-order valence-electron chi connectivity index (χ3n) is 1.67. The maximum absolute atomic E-state index is 9.20. The molecule has 0 unspecified atom stereocenters. The fourth-order valence-corrected chi connectivity index (χ4v) is 0.931. The van der Waals surface area contributed by atoms with Gasteiger partial charge in [0.2, 0.25) is 0 Å². The highest BCUT2D eigenvalue weighted by Crippen LogP contribution is 2.16. The van der Waals surface area contributed by atoms with Gasteiger partial charge in [-0.25, -0.2) is 0 Å². The molecule has 1 aromatic rings. The molecule has 2 N–H and O–H groups in total. The van der Waals surface area contributed by atoms with Crippen molar-refractivity contribution >= 4 is 0 Å². The summed E-state index contributed by atoms with van der Waals surface area (Å²) in [5.74, 6) is 0.740. The summed E-state index contributed by atoms with van der Waals surface area (Å²) in [6.07, 6.45) is -0.795. The Morgan fingerprint density at radius 1 is 1.33 bits per heavy atom. The Balaban J connectivity index is 2.77. The Kier molecular flexibility index (Phi) is 3.08. The van der Waals surface area contributed by atoms with Crippen molar-refractivity contribution in [2.45, 2.75) is 6.10 Å². The van der Waals surface area contributed by atoms with E-state index in [1.165, 1.54) is 0 Å². The van der Waals surface area contributed by atoms with E-state index in [1.807, 2.05) is 0 Å². The first-order valence-electron chi connectivity index (χ1n) is 3.71. The molecule has 0 fully saturated rings. The maximum atomic E-state index is 9.20. The molecule has 3 nitrogen and oxygen atoms in total. The third-order valence-corrected chi connectivity index (χ3v) is 1.67. The molecule has 0 saturated carbocycles. The topological polar surface area (TPSA) is 49.7 Å². The molecule has 0 saturated heterocycles. The largest absolute Gasteiger partial charge is 0.497 e. The standard InChI is InChI=1S/C9H12O3/c1-12-8-4-2-7(3-5-8)9(11)6-10/h2-5,9-11H,6H2,1H3/t9-/m1/s1. The van der Waals surface area contributed by atoms with E-state index >= 15 is 0 Å². The molecule has 0 aliphatic rings. The summed E-state index contributed by atoms with van der Waals surface area (Å²) >= 11 is 0. The van der Waals surface area contributed by atoms with Crippen molar-refractivity contribution in [3.8, 4) is 5.75 Å². The Bertz CT molecular complexity index is 230. The number of hydrogen-bond donors (Lipinski definition) is 2. The van der Waals surface area contributed by atoms with Crippen LogP contribution in [0.1, 0.15) is 11.7 Å². The molecule has 0 radical (unpaired) electrons. The first-order valence-corrected chi connectivity index (χ1v) is 3.71. The molecular formula is C9H12O3. The zero-order valence-corrected chi connectivity index (χ0v) is 6.90. The van der Waals surface area contributed by atoms with E-state index < -0.39 is 6.10 Å². The Labute approximate surface area is 71.2 Å². The van der Waals surface area contributed by atoms with Gasteiger partial charge in [0.05, 0.1) is 13.7 Å². The van der Waals surface area contributed by atoms with Crippen LogP contribution in [-0.2, 0) is 0 Å². The fraction of sp³-hybridized carbons (Fsp3) is 0.333. The number of ether oxygens (including phenoxy) is 1. The smallest absolute Gasteiger partial charge is 0.118 e. The number of hydrogen-bond acceptors (Lipinski definition) is 3. The molecule has 66 valence electrons. The zero-order chi connectivity index (χ0) is 8.97. The van der Waals surface area contributed by atoms with Crippen LogP contribution in [0, 0.1) is 0 Å². The van der Waals surface area contributed by atoms with Gasteiger partial charge in [0.1, 0.15) is 11.9 Å². The van der Waals surface area contributed by atoms with Gasteiger partial charge in [0, 0.05) is 0 Å². The minimum absolute atomic E-state index is 0.258. The van der Waals surface area contributed by atoms with Crippen molar-refractivity contribution in [1.82, 2.24) is 0 Å². The summed E-state index contributed by atoms with van der Waals surface area (Å²) in [4.78, 5) is 0. The van der Waals surface area contributed by atoms with E-state index in [2.05, 4.69) is 0 Å². The van der Waals surface area contributed by atoms with Crippen LogP contribution in [0.2, 0.25) is 0 Å². The molecule has 0 aliphatic heterocycles. The summed E-state index contributed by atoms with van der Waals surface area (Å²) in [5, 5.41) is 17.8. The molecule has 1 aromatic carbocycles. The highest BCUT2D eigenvalue weighted by molar-refractivity contribution is 5.28. The molecule has 0 heterocycles. The lowest BCUT2D eigenvalue weighted by Crippen LogP contribution is -2.01. The van der Waals surface area contributed by atoms with Gasteiger partial charge in [-0.05, 0) is 17.7 Å². The molecule has 1 rings (SSSR count). The SMILES string of the molecule is COc1ccc([C@H](O)CO)cc1. The number of benzene rings is 1. The van der Waals surface area contributed by atoms with Gasteiger partial charge in [-0.1, -0.05) is 12.1 Å². The van der Waals surface area contributed by atoms with Crippen molar-refractivity contribution < 1.29 is 14.9 Å². The lowest BCUT2D eigenvalue weighted by molar-refractivity contribution is 0.0956. The lowest BCUT2D eigenvalue weighted by atomic mass is 10.1. The van der Waals surface area contributed by atoms with Crippen molar-refractivity contribution in [3.63, 3.8) is 0 Å². The molecule has 0 bridgehead atoms. The molecule has 3 heteroatoms. The van der Waals surface area contributed by atoms with Gasteiger partial charge in [0.15, 0.2) is 0 Å². The summed E-state index contributed by atoms with van der Waals surface area (Å²) < 4.78 is 4.94. The first-order chi connectivity index (χ1) is 5.77. The van der Waals surface area contributed by atoms with Gasteiger partial charge in [-0.2, -0.15) is 0 Å². The molecule has 1 atom stereocenters. The molecular weight excluding hydrogens is 156 g/mol. The Morgan fingerprint density at radius 3 is 2.33 bits per heavy atom. The van der Waals surface area contributed by atoms with E-state index in [-0.39, 0.29) is 6.61 Å². The lowest BCUT2D eigenvalue weighted by Gasteiger charge is -2.07. The number of methoxy groups -OCH3 is 1. The zero-order valence-electron chi connectivity index (χ0n) is 6.90. The van der Waals surface area contributed by atoms with Crippen LogP contribution in [-0.4, -0.2) is 23.9 Å². The van der Waals surface area contributed by atoms with Gasteiger partial charge < -0.3 is 14.9 Å². The van der Waals surface area contributed by atoms with Crippen molar-refractivity contribution in [3.05, 3.63) is 29.8 Å². The second-order valence-electron chi connectivity index (χ2n) is 2.47. The van der Waals surface area contributed by atoms with Gasteiger partial charge in [0.25, 0.3) is 0 Å². The molecule has 0 aliphatic carbocycles. The maximum Gasteiger partial charge on any atom is 0.118 e. The summed E-state index contributed by atoms with van der Waals surface area (Å²) in [7, 11) is 1.58. The molecule has 0 amide bonds. The Hall–Kier alpha value is -1.06. The molecule has 0 aromatic heterocycles. The van der Waals surface area contributed by atoms with Crippen LogP contribution >= 0.6 is 0 Å². The van der Waals surface area contributed by atoms with E-state index in [9.17, 15) is 5.11 Å². The van der Waals surface area contributed by atoms with Crippen molar-refractivity contribution in [1.29, 1.82) is 0 Å². The van der Waals surface area contributed by atoms with E-state index in [4.69, 9.17) is 9.84 Å². The van der Waals surface area contributed by atoms with Crippen LogP contribution in [0.15, 0.2) is 24.3 Å². The van der Waals surface area contributed by atoms with Gasteiger partial charge in [-0.15, -0.1) is 0 Å². The average molecular weight is 168 g/mol. The average Bonchev–Trinajstić information content (AvgIpc) is 2.17. The summed E-state index contributed by atoms with van der Waals surface area (Å²) in [6, 6.07) is 6.93. The predicted octanol–water partition coefficient (Wildman–Crippen LogP) is 0.721. The predicted molar refractivity (Wildman–Crippen MR) is 45.0 cm³/mol. The van der Waals surface area contributed by atoms with Crippen LogP contribution in [0.4, 0.5) is 0 Å². The fourth-order valence-electron chi connectivity index (χ4n) is 0.931. The van der Waals surface area contributed by atoms with Crippen LogP contribution in [0.25, 0.3) is 0 Å². The van der Waals surface area contributed by atoms with Crippen molar-refractivity contribution in [2.24, 2.45) is 0 Å². The second kappa shape index (κ2) is 4.09. The Morgan fingerprint density at radius 2 is 1.92 bits per heavy atom. The minimum atomic E-state index is -0.795. The molecule has 12 heavy (non-hydrogen) atoms. The monoisotopic (exact) mass is 168 g/mol. The van der Waals surface area contributed by atoms with Crippen molar-refractivity contribution in [2.75, 3.05) is 13.7 Å². The van der Waals surface area contributed by atoms with Crippen LogP contribution < -0.4 is 4.74 Å². The number of aliphatic hydroxyl groups excluding tert-OH is 2. The highest BCUT2D eigenvalue weighted by atomic mass is 16.5. The highest BCUT2D eigenvalue weighted by Gasteiger charge is 2.04. The van der Waals surface area contributed by atoms with Crippen LogP contribution in [0.5, 0.6) is 5.75 Å². The minimum Gasteiger partial charge on any atom is -0.497 e. The summed E-state index contributed by atoms with van der Waals surface area (Å²) in [6.45, 7) is -0.258. The quantitative estimate of drug-likeness (QED) is 0.699. The normalized spacial score (nSPS) is 12.6. The van der Waals surface area contributed by atoms with E-state index in [0.29, 0.717) is 5.56 Å². The summed E-state index contributed by atoms with van der Waals surface area (Å²) in [5.41, 5.74) is 0.693.